The maximum atomic E-state index is 12.9. The Morgan fingerprint density at radius 1 is 1.17 bits per heavy atom. The normalized spacial score (nSPS) is 11.2. The van der Waals surface area contributed by atoms with Crippen LogP contribution in [0.4, 0.5) is 15.8 Å². The predicted molar refractivity (Wildman–Crippen MR) is 93.7 cm³/mol. The molecule has 2 aromatic rings. The van der Waals surface area contributed by atoms with Crippen LogP contribution in [-0.2, 0) is 14.8 Å². The van der Waals surface area contributed by atoms with Crippen molar-refractivity contribution in [2.75, 3.05) is 22.4 Å². The van der Waals surface area contributed by atoms with Gasteiger partial charge in [-0.15, -0.1) is 0 Å². The zero-order chi connectivity index (χ0) is 17.9. The number of rotatable bonds is 5. The Morgan fingerprint density at radius 2 is 1.79 bits per heavy atom. The molecular formula is C15H13Cl2FN2O3S. The quantitative estimate of drug-likeness (QED) is 0.848. The van der Waals surface area contributed by atoms with Crippen LogP contribution in [0.25, 0.3) is 0 Å². The second-order valence-electron chi connectivity index (χ2n) is 4.92. The van der Waals surface area contributed by atoms with Gasteiger partial charge in [-0.1, -0.05) is 23.2 Å². The molecule has 1 N–H and O–H groups in total. The number of anilines is 2. The summed E-state index contributed by atoms with van der Waals surface area (Å²) in [5.41, 5.74) is 0.438. The molecule has 0 aliphatic carbocycles. The minimum Gasteiger partial charge on any atom is -0.325 e. The first kappa shape index (κ1) is 18.5. The molecular weight excluding hydrogens is 378 g/mol. The van der Waals surface area contributed by atoms with Crippen LogP contribution in [-0.4, -0.2) is 27.1 Å². The Morgan fingerprint density at radius 3 is 2.38 bits per heavy atom. The van der Waals surface area contributed by atoms with Crippen LogP contribution < -0.4 is 9.62 Å². The monoisotopic (exact) mass is 390 g/mol. The van der Waals surface area contributed by atoms with Gasteiger partial charge in [-0.05, 0) is 42.5 Å². The number of sulfonamides is 1. The van der Waals surface area contributed by atoms with E-state index in [9.17, 15) is 17.6 Å². The fourth-order valence-corrected chi connectivity index (χ4v) is 3.22. The second kappa shape index (κ2) is 7.38. The molecule has 0 aliphatic heterocycles. The van der Waals surface area contributed by atoms with Gasteiger partial charge in [0.05, 0.1) is 17.0 Å². The number of carbonyl (C=O) groups excluding carboxylic acids is 1. The Kier molecular flexibility index (Phi) is 5.69. The summed E-state index contributed by atoms with van der Waals surface area (Å²) in [5.74, 6) is -1.06. The zero-order valence-electron chi connectivity index (χ0n) is 12.5. The van der Waals surface area contributed by atoms with Gasteiger partial charge in [0, 0.05) is 10.7 Å². The molecule has 5 nitrogen and oxygen atoms in total. The summed E-state index contributed by atoms with van der Waals surface area (Å²) in [6.45, 7) is -0.504. The van der Waals surface area contributed by atoms with E-state index in [-0.39, 0.29) is 15.7 Å². The van der Waals surface area contributed by atoms with Gasteiger partial charge in [0.15, 0.2) is 0 Å². The zero-order valence-corrected chi connectivity index (χ0v) is 14.8. The van der Waals surface area contributed by atoms with Crippen LogP contribution in [0.2, 0.25) is 10.0 Å². The minimum atomic E-state index is -3.78. The van der Waals surface area contributed by atoms with Gasteiger partial charge in [0.25, 0.3) is 0 Å². The number of halogens is 3. The fraction of sp³-hybridized carbons (Fsp3) is 0.133. The number of amides is 1. The lowest BCUT2D eigenvalue weighted by molar-refractivity contribution is -0.114. The lowest BCUT2D eigenvalue weighted by Crippen LogP contribution is -2.37. The standard InChI is InChI=1S/C15H13Cl2FN2O3S/c1-24(22,23)20(14-8-10(16)2-7-13(14)17)9-15(21)19-12-5-3-11(18)4-6-12/h2-8H,9H2,1H3,(H,19,21). The molecule has 2 rings (SSSR count). The fourth-order valence-electron chi connectivity index (χ4n) is 1.92. The largest absolute Gasteiger partial charge is 0.325 e. The first-order valence-electron chi connectivity index (χ1n) is 6.65. The van der Waals surface area contributed by atoms with Gasteiger partial charge in [-0.3, -0.25) is 9.10 Å². The van der Waals surface area contributed by atoms with E-state index in [0.29, 0.717) is 5.69 Å². The summed E-state index contributed by atoms with van der Waals surface area (Å²) >= 11 is 11.9. The molecule has 0 bridgehead atoms. The number of nitrogens with zero attached hydrogens (tertiary/aromatic N) is 1. The van der Waals surface area contributed by atoms with Crippen LogP contribution in [0.1, 0.15) is 0 Å². The van der Waals surface area contributed by atoms with Crippen molar-refractivity contribution in [1.82, 2.24) is 0 Å². The molecule has 128 valence electrons. The highest BCUT2D eigenvalue weighted by atomic mass is 35.5. The molecule has 0 unspecified atom stereocenters. The van der Waals surface area contributed by atoms with Crippen molar-refractivity contribution in [1.29, 1.82) is 0 Å². The molecule has 0 saturated carbocycles. The van der Waals surface area contributed by atoms with Gasteiger partial charge >= 0.3 is 0 Å². The number of nitrogens with one attached hydrogen (secondary N) is 1. The van der Waals surface area contributed by atoms with E-state index in [1.807, 2.05) is 0 Å². The average Bonchev–Trinajstić information content (AvgIpc) is 2.49. The molecule has 0 fully saturated rings. The average molecular weight is 391 g/mol. The van der Waals surface area contributed by atoms with E-state index in [1.54, 1.807) is 0 Å². The lowest BCUT2D eigenvalue weighted by Gasteiger charge is -2.23. The molecule has 0 aromatic heterocycles. The Bertz CT molecular complexity index is 858. The van der Waals surface area contributed by atoms with Crippen LogP contribution in [0.5, 0.6) is 0 Å². The van der Waals surface area contributed by atoms with Crippen molar-refractivity contribution in [3.05, 3.63) is 58.3 Å². The Hall–Kier alpha value is -1.83. The third-order valence-corrected chi connectivity index (χ3v) is 4.67. The Labute approximate surface area is 149 Å². The lowest BCUT2D eigenvalue weighted by atomic mass is 10.3. The van der Waals surface area contributed by atoms with Crippen LogP contribution >= 0.6 is 23.2 Å². The molecule has 9 heteroatoms. The highest BCUT2D eigenvalue weighted by molar-refractivity contribution is 7.92. The van der Waals surface area contributed by atoms with Crippen molar-refractivity contribution >= 4 is 50.5 Å². The van der Waals surface area contributed by atoms with Gasteiger partial charge in [-0.2, -0.15) is 0 Å². The van der Waals surface area contributed by atoms with Crippen molar-refractivity contribution in [3.63, 3.8) is 0 Å². The number of hydrogen-bond acceptors (Lipinski definition) is 3. The van der Waals surface area contributed by atoms with Gasteiger partial charge in [0.1, 0.15) is 12.4 Å². The third-order valence-electron chi connectivity index (χ3n) is 2.99. The Balaban J connectivity index is 2.25. The van der Waals surface area contributed by atoms with Crippen molar-refractivity contribution in [2.45, 2.75) is 0 Å². The molecule has 2 aromatic carbocycles. The smallest absolute Gasteiger partial charge is 0.245 e. The number of hydrogen-bond donors (Lipinski definition) is 1. The summed E-state index contributed by atoms with van der Waals surface area (Å²) in [6, 6.07) is 9.39. The molecule has 1 amide bonds. The maximum absolute atomic E-state index is 12.9. The first-order chi connectivity index (χ1) is 11.2. The second-order valence-corrected chi connectivity index (χ2v) is 7.67. The van der Waals surface area contributed by atoms with Crippen LogP contribution in [0, 0.1) is 5.82 Å². The van der Waals surface area contributed by atoms with Gasteiger partial charge in [-0.25, -0.2) is 12.8 Å². The molecule has 0 radical (unpaired) electrons. The molecule has 0 aliphatic rings. The minimum absolute atomic E-state index is 0.0981. The topological polar surface area (TPSA) is 66.5 Å². The van der Waals surface area contributed by atoms with Crippen LogP contribution in [0.15, 0.2) is 42.5 Å². The van der Waals surface area contributed by atoms with E-state index >= 15 is 0 Å². The van der Waals surface area contributed by atoms with Crippen LogP contribution in [0.3, 0.4) is 0 Å². The van der Waals surface area contributed by atoms with Crippen molar-refractivity contribution in [2.24, 2.45) is 0 Å². The van der Waals surface area contributed by atoms with Crippen molar-refractivity contribution in [3.8, 4) is 0 Å². The molecule has 0 heterocycles. The van der Waals surface area contributed by atoms with E-state index in [1.165, 1.54) is 42.5 Å². The van der Waals surface area contributed by atoms with E-state index < -0.39 is 28.3 Å². The highest BCUT2D eigenvalue weighted by Gasteiger charge is 2.23. The summed E-state index contributed by atoms with van der Waals surface area (Å²) in [6.07, 6.45) is 0.954. The molecule has 0 atom stereocenters. The highest BCUT2D eigenvalue weighted by Crippen LogP contribution is 2.30. The van der Waals surface area contributed by atoms with Crippen molar-refractivity contribution < 1.29 is 17.6 Å². The van der Waals surface area contributed by atoms with Gasteiger partial charge in [0.2, 0.25) is 15.9 Å². The maximum Gasteiger partial charge on any atom is 0.245 e. The van der Waals surface area contributed by atoms with E-state index in [0.717, 1.165) is 10.6 Å². The van der Waals surface area contributed by atoms with E-state index in [4.69, 9.17) is 23.2 Å². The third kappa shape index (κ3) is 4.83. The molecule has 0 saturated heterocycles. The SMILES string of the molecule is CS(=O)(=O)N(CC(=O)Nc1ccc(F)cc1)c1cc(Cl)ccc1Cl. The number of carbonyl (C=O) groups is 1. The summed E-state index contributed by atoms with van der Waals surface area (Å²) < 4.78 is 37.8. The first-order valence-corrected chi connectivity index (χ1v) is 9.25. The summed E-state index contributed by atoms with van der Waals surface area (Å²) in [5, 5.41) is 2.91. The predicted octanol–water partition coefficient (Wildman–Crippen LogP) is 3.54. The van der Waals surface area contributed by atoms with E-state index in [2.05, 4.69) is 5.32 Å². The molecule has 0 spiro atoms. The summed E-state index contributed by atoms with van der Waals surface area (Å²) in [4.78, 5) is 12.1. The van der Waals surface area contributed by atoms with Gasteiger partial charge < -0.3 is 5.32 Å². The number of benzene rings is 2. The molecule has 24 heavy (non-hydrogen) atoms. The summed E-state index contributed by atoms with van der Waals surface area (Å²) in [7, 11) is -3.78.